The Balaban J connectivity index is 2.08. The minimum Gasteiger partial charge on any atom is -0.481 e. The van der Waals surface area contributed by atoms with Crippen LogP contribution in [0.3, 0.4) is 0 Å². The Morgan fingerprint density at radius 1 is 1.42 bits per heavy atom. The molecule has 1 heterocycles. The van der Waals surface area contributed by atoms with E-state index in [-0.39, 0.29) is 19.0 Å². The van der Waals surface area contributed by atoms with Gasteiger partial charge < -0.3 is 14.6 Å². The zero-order valence-electron chi connectivity index (χ0n) is 6.47. The maximum Gasteiger partial charge on any atom is 0.310 e. The number of fused-ring (bicyclic) bond motifs is 1. The van der Waals surface area contributed by atoms with E-state index in [0.29, 0.717) is 6.42 Å². The van der Waals surface area contributed by atoms with E-state index in [1.165, 1.54) is 0 Å². The van der Waals surface area contributed by atoms with Crippen molar-refractivity contribution >= 4 is 5.97 Å². The van der Waals surface area contributed by atoms with Gasteiger partial charge in [-0.05, 0) is 6.42 Å². The molecule has 0 aromatic rings. The van der Waals surface area contributed by atoms with E-state index in [0.717, 1.165) is 0 Å². The summed E-state index contributed by atoms with van der Waals surface area (Å²) in [6.07, 6.45) is 3.89. The maximum atomic E-state index is 10.6. The van der Waals surface area contributed by atoms with Crippen molar-refractivity contribution < 1.29 is 19.4 Å². The Kier molecular flexibility index (Phi) is 1.86. The van der Waals surface area contributed by atoms with Crippen LogP contribution in [-0.4, -0.2) is 30.1 Å². The first-order valence-electron chi connectivity index (χ1n) is 3.91. The van der Waals surface area contributed by atoms with Gasteiger partial charge in [-0.1, -0.05) is 12.2 Å². The second-order valence-corrected chi connectivity index (χ2v) is 3.02. The number of rotatable bonds is 1. The molecule has 0 spiro atoms. The van der Waals surface area contributed by atoms with Crippen LogP contribution in [0, 0.1) is 5.92 Å². The average molecular weight is 170 g/mol. The van der Waals surface area contributed by atoms with Crippen molar-refractivity contribution in [1.29, 1.82) is 0 Å². The zero-order chi connectivity index (χ0) is 8.55. The molecule has 66 valence electrons. The van der Waals surface area contributed by atoms with E-state index in [1.54, 1.807) is 12.2 Å². The minimum absolute atomic E-state index is 0.0272. The van der Waals surface area contributed by atoms with Gasteiger partial charge in [-0.25, -0.2) is 0 Å². The average Bonchev–Trinajstić information content (AvgIpc) is 2.49. The van der Waals surface area contributed by atoms with Crippen LogP contribution >= 0.6 is 0 Å². The second-order valence-electron chi connectivity index (χ2n) is 3.02. The first-order chi connectivity index (χ1) is 5.77. The summed E-state index contributed by atoms with van der Waals surface area (Å²) in [6.45, 7) is 0.284. The summed E-state index contributed by atoms with van der Waals surface area (Å²) < 4.78 is 10.4. The van der Waals surface area contributed by atoms with Gasteiger partial charge in [-0.2, -0.15) is 0 Å². The highest BCUT2D eigenvalue weighted by Crippen LogP contribution is 2.26. The SMILES string of the molecule is O=C(O)C1C=CC2OCOC2C1. The molecule has 0 aromatic heterocycles. The molecule has 3 atom stereocenters. The van der Waals surface area contributed by atoms with Crippen LogP contribution < -0.4 is 0 Å². The highest BCUT2D eigenvalue weighted by atomic mass is 16.7. The van der Waals surface area contributed by atoms with Gasteiger partial charge in [-0.3, -0.25) is 4.79 Å². The molecule has 4 heteroatoms. The first-order valence-corrected chi connectivity index (χ1v) is 3.91. The largest absolute Gasteiger partial charge is 0.481 e. The third-order valence-corrected chi connectivity index (χ3v) is 2.25. The van der Waals surface area contributed by atoms with Crippen LogP contribution in [0.15, 0.2) is 12.2 Å². The third kappa shape index (κ3) is 1.23. The van der Waals surface area contributed by atoms with Gasteiger partial charge in [-0.15, -0.1) is 0 Å². The van der Waals surface area contributed by atoms with Gasteiger partial charge in [0.25, 0.3) is 0 Å². The molecule has 2 rings (SSSR count). The third-order valence-electron chi connectivity index (χ3n) is 2.25. The fraction of sp³-hybridized carbons (Fsp3) is 0.625. The molecular weight excluding hydrogens is 160 g/mol. The number of ether oxygens (including phenoxy) is 2. The van der Waals surface area contributed by atoms with Gasteiger partial charge in [0, 0.05) is 0 Å². The fourth-order valence-corrected chi connectivity index (χ4v) is 1.54. The van der Waals surface area contributed by atoms with Gasteiger partial charge in [0.05, 0.1) is 12.0 Å². The summed E-state index contributed by atoms with van der Waals surface area (Å²) in [6, 6.07) is 0. The van der Waals surface area contributed by atoms with Crippen LogP contribution in [0.4, 0.5) is 0 Å². The van der Waals surface area contributed by atoms with Crippen molar-refractivity contribution in [2.24, 2.45) is 5.92 Å². The molecule has 1 fully saturated rings. The first kappa shape index (κ1) is 7.76. The van der Waals surface area contributed by atoms with E-state index < -0.39 is 11.9 Å². The predicted octanol–water partition coefficient (Wildman–Crippen LogP) is 0.389. The van der Waals surface area contributed by atoms with Crippen molar-refractivity contribution in [3.63, 3.8) is 0 Å². The lowest BCUT2D eigenvalue weighted by atomic mass is 9.92. The summed E-state index contributed by atoms with van der Waals surface area (Å²) in [4.78, 5) is 10.6. The van der Waals surface area contributed by atoms with Crippen molar-refractivity contribution in [2.45, 2.75) is 18.6 Å². The molecule has 1 aliphatic carbocycles. The lowest BCUT2D eigenvalue weighted by Gasteiger charge is -2.21. The summed E-state index contributed by atoms with van der Waals surface area (Å²) >= 11 is 0. The molecule has 1 aliphatic heterocycles. The molecule has 3 unspecified atom stereocenters. The predicted molar refractivity (Wildman–Crippen MR) is 39.5 cm³/mol. The smallest absolute Gasteiger partial charge is 0.310 e. The Morgan fingerprint density at radius 2 is 2.25 bits per heavy atom. The number of aliphatic carboxylic acids is 1. The molecule has 1 N–H and O–H groups in total. The number of hydrogen-bond donors (Lipinski definition) is 1. The van der Waals surface area contributed by atoms with Crippen LogP contribution in [0.5, 0.6) is 0 Å². The summed E-state index contributed by atoms with van der Waals surface area (Å²) in [5.41, 5.74) is 0. The Bertz CT molecular complexity index is 223. The van der Waals surface area contributed by atoms with Crippen LogP contribution in [-0.2, 0) is 14.3 Å². The van der Waals surface area contributed by atoms with E-state index in [1.807, 2.05) is 0 Å². The van der Waals surface area contributed by atoms with Crippen molar-refractivity contribution in [1.82, 2.24) is 0 Å². The van der Waals surface area contributed by atoms with E-state index in [2.05, 4.69) is 0 Å². The van der Waals surface area contributed by atoms with Crippen LogP contribution in [0.25, 0.3) is 0 Å². The number of carbonyl (C=O) groups is 1. The Hall–Kier alpha value is -0.870. The molecule has 0 radical (unpaired) electrons. The molecular formula is C8H10O4. The summed E-state index contributed by atoms with van der Waals surface area (Å²) in [5, 5.41) is 8.71. The molecule has 0 amide bonds. The van der Waals surface area contributed by atoms with E-state index in [9.17, 15) is 4.79 Å². The monoisotopic (exact) mass is 170 g/mol. The topological polar surface area (TPSA) is 55.8 Å². The van der Waals surface area contributed by atoms with Crippen LogP contribution in [0.2, 0.25) is 0 Å². The highest BCUT2D eigenvalue weighted by Gasteiger charge is 2.34. The molecule has 4 nitrogen and oxygen atoms in total. The van der Waals surface area contributed by atoms with Gasteiger partial charge in [0.1, 0.15) is 12.9 Å². The summed E-state index contributed by atoms with van der Waals surface area (Å²) in [5.74, 6) is -1.20. The standard InChI is InChI=1S/C8H10O4/c9-8(10)5-1-2-6-7(3-5)12-4-11-6/h1-2,5-7H,3-4H2,(H,9,10). The van der Waals surface area contributed by atoms with E-state index in [4.69, 9.17) is 14.6 Å². The van der Waals surface area contributed by atoms with Gasteiger partial charge in [0.15, 0.2) is 0 Å². The molecule has 0 bridgehead atoms. The normalized spacial score (nSPS) is 39.5. The van der Waals surface area contributed by atoms with E-state index >= 15 is 0 Å². The lowest BCUT2D eigenvalue weighted by molar-refractivity contribution is -0.141. The summed E-state index contributed by atoms with van der Waals surface area (Å²) in [7, 11) is 0. The molecule has 0 saturated carbocycles. The molecule has 1 saturated heterocycles. The lowest BCUT2D eigenvalue weighted by Crippen LogP contribution is -2.30. The van der Waals surface area contributed by atoms with Gasteiger partial charge >= 0.3 is 5.97 Å². The van der Waals surface area contributed by atoms with Crippen molar-refractivity contribution in [3.05, 3.63) is 12.2 Å². The van der Waals surface area contributed by atoms with Crippen molar-refractivity contribution in [3.8, 4) is 0 Å². The molecule has 0 aromatic carbocycles. The quantitative estimate of drug-likeness (QED) is 0.578. The van der Waals surface area contributed by atoms with Crippen LogP contribution in [0.1, 0.15) is 6.42 Å². The highest BCUT2D eigenvalue weighted by molar-refractivity contribution is 5.72. The van der Waals surface area contributed by atoms with Gasteiger partial charge in [0.2, 0.25) is 0 Å². The molecule has 2 aliphatic rings. The maximum absolute atomic E-state index is 10.6. The fourth-order valence-electron chi connectivity index (χ4n) is 1.54. The Labute approximate surface area is 69.8 Å². The molecule has 12 heavy (non-hydrogen) atoms. The minimum atomic E-state index is -0.791. The second kappa shape index (κ2) is 2.88. The number of carboxylic acids is 1. The Morgan fingerprint density at radius 3 is 3.00 bits per heavy atom. The number of carboxylic acid groups (broad SMARTS) is 1. The number of hydrogen-bond acceptors (Lipinski definition) is 3. The van der Waals surface area contributed by atoms with Crippen molar-refractivity contribution in [2.75, 3.05) is 6.79 Å². The zero-order valence-corrected chi connectivity index (χ0v) is 6.47.